The molecule has 1 aliphatic rings. The Kier molecular flexibility index (Phi) is 3.95. The van der Waals surface area contributed by atoms with E-state index in [2.05, 4.69) is 29.2 Å². The second-order valence-electron chi connectivity index (χ2n) is 4.91. The van der Waals surface area contributed by atoms with Crippen LogP contribution in [0.25, 0.3) is 0 Å². The van der Waals surface area contributed by atoms with Gasteiger partial charge in [0.1, 0.15) is 0 Å². The summed E-state index contributed by atoms with van der Waals surface area (Å²) in [5, 5.41) is 3.31. The summed E-state index contributed by atoms with van der Waals surface area (Å²) in [5.74, 6) is 0.685. The second-order valence-corrected chi connectivity index (χ2v) is 5.97. The van der Waals surface area contributed by atoms with Gasteiger partial charge in [0.15, 0.2) is 0 Å². The number of nitrogens with two attached hydrogens (primary N) is 1. The molecule has 2 unspecified atom stereocenters. The molecule has 0 amide bonds. The molecule has 1 aromatic heterocycles. The first-order valence-electron chi connectivity index (χ1n) is 6.00. The third-order valence-corrected chi connectivity index (χ3v) is 4.18. The fraction of sp³-hybridized carbons (Fsp3) is 0.750. The van der Waals surface area contributed by atoms with Gasteiger partial charge in [0, 0.05) is 24.5 Å². The van der Waals surface area contributed by atoms with Crippen LogP contribution >= 0.6 is 11.3 Å². The molecule has 0 bridgehead atoms. The summed E-state index contributed by atoms with van der Waals surface area (Å²) in [6.45, 7) is 4.12. The summed E-state index contributed by atoms with van der Waals surface area (Å²) in [6, 6.07) is 0.416. The fourth-order valence-corrected chi connectivity index (χ4v) is 3.12. The Morgan fingerprint density at radius 3 is 2.94 bits per heavy atom. The molecule has 90 valence electrons. The van der Waals surface area contributed by atoms with Crippen molar-refractivity contribution in [2.75, 3.05) is 13.6 Å². The van der Waals surface area contributed by atoms with Crippen LogP contribution in [0.2, 0.25) is 0 Å². The minimum Gasteiger partial charge on any atom is -0.327 e. The Bertz CT molecular complexity index is 337. The maximum absolute atomic E-state index is 6.08. The van der Waals surface area contributed by atoms with Crippen LogP contribution in [0, 0.1) is 12.8 Å². The molecule has 0 radical (unpaired) electrons. The SMILES string of the molecule is Cc1nc(CN(C)CC2CCCC2N)cs1. The van der Waals surface area contributed by atoms with Crippen LogP contribution in [0.5, 0.6) is 0 Å². The number of nitrogens with zero attached hydrogens (tertiary/aromatic N) is 2. The zero-order valence-corrected chi connectivity index (χ0v) is 11.0. The average Bonchev–Trinajstić information content (AvgIpc) is 2.77. The predicted molar refractivity (Wildman–Crippen MR) is 68.5 cm³/mol. The minimum absolute atomic E-state index is 0.416. The largest absolute Gasteiger partial charge is 0.327 e. The van der Waals surface area contributed by atoms with E-state index in [-0.39, 0.29) is 0 Å². The molecule has 1 aromatic rings. The van der Waals surface area contributed by atoms with E-state index in [1.807, 2.05) is 0 Å². The van der Waals surface area contributed by atoms with Crippen molar-refractivity contribution in [1.29, 1.82) is 0 Å². The van der Waals surface area contributed by atoms with Crippen LogP contribution in [0.3, 0.4) is 0 Å². The van der Waals surface area contributed by atoms with Crippen molar-refractivity contribution in [3.8, 4) is 0 Å². The number of rotatable bonds is 4. The van der Waals surface area contributed by atoms with Crippen LogP contribution in [0.1, 0.15) is 30.0 Å². The lowest BCUT2D eigenvalue weighted by Gasteiger charge is -2.22. The van der Waals surface area contributed by atoms with Crippen molar-refractivity contribution < 1.29 is 0 Å². The maximum Gasteiger partial charge on any atom is 0.0897 e. The van der Waals surface area contributed by atoms with E-state index in [1.165, 1.54) is 25.0 Å². The Morgan fingerprint density at radius 2 is 2.38 bits per heavy atom. The van der Waals surface area contributed by atoms with Crippen molar-refractivity contribution in [3.05, 3.63) is 16.1 Å². The molecule has 1 heterocycles. The molecule has 4 heteroatoms. The van der Waals surface area contributed by atoms with Crippen molar-refractivity contribution in [2.24, 2.45) is 11.7 Å². The normalized spacial score (nSPS) is 25.5. The van der Waals surface area contributed by atoms with Gasteiger partial charge in [-0.3, -0.25) is 0 Å². The highest BCUT2D eigenvalue weighted by molar-refractivity contribution is 7.09. The molecular formula is C12H21N3S. The molecule has 0 aromatic carbocycles. The van der Waals surface area contributed by atoms with Crippen LogP contribution in [0.4, 0.5) is 0 Å². The van der Waals surface area contributed by atoms with Gasteiger partial charge in [-0.05, 0) is 32.7 Å². The van der Waals surface area contributed by atoms with Gasteiger partial charge in [-0.2, -0.15) is 0 Å². The fourth-order valence-electron chi connectivity index (χ4n) is 2.51. The van der Waals surface area contributed by atoms with Crippen molar-refractivity contribution in [3.63, 3.8) is 0 Å². The summed E-state index contributed by atoms with van der Waals surface area (Å²) in [6.07, 6.45) is 3.80. The molecular weight excluding hydrogens is 218 g/mol. The Morgan fingerprint density at radius 1 is 1.56 bits per heavy atom. The molecule has 0 saturated heterocycles. The zero-order chi connectivity index (χ0) is 11.5. The van der Waals surface area contributed by atoms with Gasteiger partial charge in [-0.25, -0.2) is 4.98 Å². The van der Waals surface area contributed by atoms with E-state index in [0.29, 0.717) is 12.0 Å². The summed E-state index contributed by atoms with van der Waals surface area (Å²) < 4.78 is 0. The standard InChI is InChI=1S/C12H21N3S/c1-9-14-11(8-16-9)7-15(2)6-10-4-3-5-12(10)13/h8,10,12H,3-7,13H2,1-2H3. The Hall–Kier alpha value is -0.450. The smallest absolute Gasteiger partial charge is 0.0897 e. The topological polar surface area (TPSA) is 42.2 Å². The Balaban J connectivity index is 1.82. The summed E-state index contributed by atoms with van der Waals surface area (Å²) in [4.78, 5) is 6.84. The number of aromatic nitrogens is 1. The number of hydrogen-bond donors (Lipinski definition) is 1. The highest BCUT2D eigenvalue weighted by Gasteiger charge is 2.24. The van der Waals surface area contributed by atoms with E-state index < -0.39 is 0 Å². The lowest BCUT2D eigenvalue weighted by Crippen LogP contribution is -2.34. The quantitative estimate of drug-likeness (QED) is 0.874. The zero-order valence-electron chi connectivity index (χ0n) is 10.1. The number of thiazole rings is 1. The molecule has 16 heavy (non-hydrogen) atoms. The van der Waals surface area contributed by atoms with E-state index >= 15 is 0 Å². The molecule has 2 N–H and O–H groups in total. The van der Waals surface area contributed by atoms with Gasteiger partial charge < -0.3 is 10.6 Å². The van der Waals surface area contributed by atoms with Gasteiger partial charge in [0.2, 0.25) is 0 Å². The third kappa shape index (κ3) is 3.03. The molecule has 0 spiro atoms. The third-order valence-electron chi connectivity index (χ3n) is 3.36. The first-order valence-corrected chi connectivity index (χ1v) is 6.88. The molecule has 0 aliphatic heterocycles. The summed E-state index contributed by atoms with van der Waals surface area (Å²) in [5.41, 5.74) is 7.28. The lowest BCUT2D eigenvalue weighted by atomic mass is 10.0. The van der Waals surface area contributed by atoms with Crippen molar-refractivity contribution in [1.82, 2.24) is 9.88 Å². The highest BCUT2D eigenvalue weighted by Crippen LogP contribution is 2.24. The van der Waals surface area contributed by atoms with Gasteiger partial charge in [0.25, 0.3) is 0 Å². The molecule has 1 fully saturated rings. The van der Waals surface area contributed by atoms with Crippen LogP contribution in [-0.4, -0.2) is 29.5 Å². The highest BCUT2D eigenvalue weighted by atomic mass is 32.1. The first-order chi connectivity index (χ1) is 7.65. The number of aryl methyl sites for hydroxylation is 1. The lowest BCUT2D eigenvalue weighted by molar-refractivity contribution is 0.257. The average molecular weight is 239 g/mol. The number of hydrogen-bond acceptors (Lipinski definition) is 4. The van der Waals surface area contributed by atoms with Gasteiger partial charge in [0.05, 0.1) is 10.7 Å². The van der Waals surface area contributed by atoms with Crippen LogP contribution < -0.4 is 5.73 Å². The molecule has 2 rings (SSSR count). The predicted octanol–water partition coefficient (Wildman–Crippen LogP) is 2.01. The van der Waals surface area contributed by atoms with E-state index in [4.69, 9.17) is 5.73 Å². The minimum atomic E-state index is 0.416. The van der Waals surface area contributed by atoms with Crippen molar-refractivity contribution in [2.45, 2.75) is 38.8 Å². The van der Waals surface area contributed by atoms with Gasteiger partial charge >= 0.3 is 0 Å². The monoisotopic (exact) mass is 239 g/mol. The van der Waals surface area contributed by atoms with E-state index in [0.717, 1.165) is 18.1 Å². The Labute approximate surface area is 102 Å². The first kappa shape index (κ1) is 12.0. The van der Waals surface area contributed by atoms with E-state index in [9.17, 15) is 0 Å². The van der Waals surface area contributed by atoms with E-state index in [1.54, 1.807) is 11.3 Å². The van der Waals surface area contributed by atoms with Crippen LogP contribution in [-0.2, 0) is 6.54 Å². The molecule has 1 saturated carbocycles. The van der Waals surface area contributed by atoms with Gasteiger partial charge in [-0.15, -0.1) is 11.3 Å². The molecule has 3 nitrogen and oxygen atoms in total. The molecule has 2 atom stereocenters. The summed E-state index contributed by atoms with van der Waals surface area (Å²) >= 11 is 1.73. The van der Waals surface area contributed by atoms with Gasteiger partial charge in [-0.1, -0.05) is 6.42 Å². The maximum atomic E-state index is 6.08. The second kappa shape index (κ2) is 5.25. The molecule has 1 aliphatic carbocycles. The van der Waals surface area contributed by atoms with Crippen LogP contribution in [0.15, 0.2) is 5.38 Å². The summed E-state index contributed by atoms with van der Waals surface area (Å²) in [7, 11) is 2.17. The van der Waals surface area contributed by atoms with Crippen molar-refractivity contribution >= 4 is 11.3 Å².